The van der Waals surface area contributed by atoms with Gasteiger partial charge < -0.3 is 5.73 Å². The van der Waals surface area contributed by atoms with Crippen molar-refractivity contribution in [3.05, 3.63) is 51.4 Å². The van der Waals surface area contributed by atoms with Crippen LogP contribution < -0.4 is 10.5 Å². The van der Waals surface area contributed by atoms with Crippen LogP contribution in [0.2, 0.25) is 0 Å². The topological polar surface area (TPSA) is 72.2 Å². The second-order valence-electron chi connectivity index (χ2n) is 3.77. The Hall–Kier alpha value is -1.05. The summed E-state index contributed by atoms with van der Waals surface area (Å²) >= 11 is 6.61. The zero-order valence-corrected chi connectivity index (χ0v) is 13.6. The van der Waals surface area contributed by atoms with Gasteiger partial charge >= 0.3 is 0 Å². The van der Waals surface area contributed by atoms with E-state index in [2.05, 4.69) is 36.6 Å². The molecule has 0 atom stereocenters. The number of para-hydroxylation sites is 1. The maximum Gasteiger partial charge on any atom is 0.262 e. The molecule has 0 amide bonds. The average molecular weight is 406 g/mol. The van der Waals surface area contributed by atoms with Gasteiger partial charge in [0.1, 0.15) is 0 Å². The van der Waals surface area contributed by atoms with Gasteiger partial charge in [-0.2, -0.15) is 0 Å². The number of nitrogens with two attached hydrogens (primary N) is 1. The van der Waals surface area contributed by atoms with Crippen molar-refractivity contribution in [3.8, 4) is 0 Å². The first kappa shape index (κ1) is 14.4. The summed E-state index contributed by atoms with van der Waals surface area (Å²) in [6, 6.07) is 11.4. The highest BCUT2D eigenvalue weighted by Crippen LogP contribution is 2.32. The van der Waals surface area contributed by atoms with Gasteiger partial charge in [0.15, 0.2) is 0 Å². The molecule has 0 spiro atoms. The van der Waals surface area contributed by atoms with E-state index in [1.807, 2.05) is 0 Å². The van der Waals surface area contributed by atoms with E-state index < -0.39 is 10.0 Å². The van der Waals surface area contributed by atoms with Gasteiger partial charge in [-0.3, -0.25) is 4.72 Å². The largest absolute Gasteiger partial charge is 0.399 e. The summed E-state index contributed by atoms with van der Waals surface area (Å²) in [6.45, 7) is 0. The summed E-state index contributed by atoms with van der Waals surface area (Å²) < 4.78 is 28.3. The van der Waals surface area contributed by atoms with Gasteiger partial charge in [0.2, 0.25) is 0 Å². The molecule has 7 heteroatoms. The smallest absolute Gasteiger partial charge is 0.262 e. The Labute approximate surface area is 128 Å². The van der Waals surface area contributed by atoms with Crippen LogP contribution in [0.15, 0.2) is 56.3 Å². The van der Waals surface area contributed by atoms with Gasteiger partial charge in [-0.15, -0.1) is 0 Å². The van der Waals surface area contributed by atoms with E-state index in [0.717, 1.165) is 0 Å². The molecule has 100 valence electrons. The van der Waals surface area contributed by atoms with E-state index in [-0.39, 0.29) is 4.90 Å². The number of hydrogen-bond donors (Lipinski definition) is 2. The van der Waals surface area contributed by atoms with E-state index >= 15 is 0 Å². The van der Waals surface area contributed by atoms with Crippen LogP contribution in [0.5, 0.6) is 0 Å². The van der Waals surface area contributed by atoms with Crippen LogP contribution in [0.4, 0.5) is 11.4 Å². The van der Waals surface area contributed by atoms with Crippen LogP contribution in [0, 0.1) is 0 Å². The number of benzene rings is 2. The maximum atomic E-state index is 12.2. The Balaban J connectivity index is 2.42. The zero-order valence-electron chi connectivity index (χ0n) is 9.60. The number of rotatable bonds is 3. The average Bonchev–Trinajstić information content (AvgIpc) is 2.34. The van der Waals surface area contributed by atoms with Crippen molar-refractivity contribution < 1.29 is 8.42 Å². The first-order valence-electron chi connectivity index (χ1n) is 5.22. The highest BCUT2D eigenvalue weighted by atomic mass is 79.9. The van der Waals surface area contributed by atoms with Crippen LogP contribution in [-0.4, -0.2) is 8.42 Å². The molecule has 0 saturated carbocycles. The van der Waals surface area contributed by atoms with E-state index in [1.54, 1.807) is 30.3 Å². The predicted octanol–water partition coefficient (Wildman–Crippen LogP) is 3.59. The van der Waals surface area contributed by atoms with E-state index in [9.17, 15) is 8.42 Å². The summed E-state index contributed by atoms with van der Waals surface area (Å²) in [5.74, 6) is 0. The third-order valence-electron chi connectivity index (χ3n) is 2.37. The fraction of sp³-hybridized carbons (Fsp3) is 0. The van der Waals surface area contributed by atoms with Crippen molar-refractivity contribution >= 4 is 53.3 Å². The number of nitrogens with one attached hydrogen (secondary N) is 1. The summed E-state index contributed by atoms with van der Waals surface area (Å²) in [5, 5.41) is 0. The SMILES string of the molecule is Nc1cccc(S(=O)(=O)Nc2c(Br)cccc2Br)c1. The minimum atomic E-state index is -3.67. The molecule has 0 aromatic heterocycles. The van der Waals surface area contributed by atoms with Gasteiger partial charge in [0.05, 0.1) is 10.6 Å². The molecule has 3 N–H and O–H groups in total. The molecule has 0 aliphatic rings. The molecule has 2 aromatic rings. The van der Waals surface area contributed by atoms with Crippen molar-refractivity contribution in [1.82, 2.24) is 0 Å². The Morgan fingerprint density at radius 1 is 1.00 bits per heavy atom. The quantitative estimate of drug-likeness (QED) is 0.766. The minimum Gasteiger partial charge on any atom is -0.399 e. The first-order chi connectivity index (χ1) is 8.90. The first-order valence-corrected chi connectivity index (χ1v) is 8.29. The normalized spacial score (nSPS) is 11.3. The van der Waals surface area contributed by atoms with Crippen LogP contribution in [-0.2, 0) is 10.0 Å². The van der Waals surface area contributed by atoms with E-state index in [0.29, 0.717) is 20.3 Å². The molecular weight excluding hydrogens is 396 g/mol. The Kier molecular flexibility index (Phi) is 4.17. The number of halogens is 2. The van der Waals surface area contributed by atoms with Gasteiger partial charge in [-0.1, -0.05) is 12.1 Å². The summed E-state index contributed by atoms with van der Waals surface area (Å²) in [7, 11) is -3.67. The van der Waals surface area contributed by atoms with E-state index in [4.69, 9.17) is 5.73 Å². The van der Waals surface area contributed by atoms with Crippen LogP contribution in [0.25, 0.3) is 0 Å². The van der Waals surface area contributed by atoms with Gasteiger partial charge in [-0.25, -0.2) is 8.42 Å². The molecule has 0 bridgehead atoms. The number of anilines is 2. The second-order valence-corrected chi connectivity index (χ2v) is 7.17. The summed E-state index contributed by atoms with van der Waals surface area (Å²) in [4.78, 5) is 0.121. The van der Waals surface area contributed by atoms with Crippen LogP contribution in [0.1, 0.15) is 0 Å². The van der Waals surface area contributed by atoms with Crippen molar-refractivity contribution in [3.63, 3.8) is 0 Å². The summed E-state index contributed by atoms with van der Waals surface area (Å²) in [5.41, 5.74) is 6.44. The molecule has 0 aliphatic carbocycles. The van der Waals surface area contributed by atoms with Crippen LogP contribution in [0.3, 0.4) is 0 Å². The fourth-order valence-electron chi connectivity index (χ4n) is 1.47. The molecular formula is C12H10Br2N2O2S. The Bertz CT molecular complexity index is 697. The van der Waals surface area contributed by atoms with Crippen molar-refractivity contribution in [2.75, 3.05) is 10.5 Å². The molecule has 2 aromatic carbocycles. The molecule has 19 heavy (non-hydrogen) atoms. The lowest BCUT2D eigenvalue weighted by Crippen LogP contribution is -2.14. The highest BCUT2D eigenvalue weighted by Gasteiger charge is 2.17. The van der Waals surface area contributed by atoms with Crippen molar-refractivity contribution in [2.24, 2.45) is 0 Å². The van der Waals surface area contributed by atoms with Crippen LogP contribution >= 0.6 is 31.9 Å². The molecule has 0 saturated heterocycles. The molecule has 0 heterocycles. The molecule has 0 unspecified atom stereocenters. The molecule has 0 aliphatic heterocycles. The second kappa shape index (κ2) is 5.52. The molecule has 0 fully saturated rings. The van der Waals surface area contributed by atoms with E-state index in [1.165, 1.54) is 12.1 Å². The van der Waals surface area contributed by atoms with Crippen molar-refractivity contribution in [1.29, 1.82) is 0 Å². The lowest BCUT2D eigenvalue weighted by atomic mass is 10.3. The van der Waals surface area contributed by atoms with Gasteiger partial charge in [0, 0.05) is 14.6 Å². The third-order valence-corrected chi connectivity index (χ3v) is 5.04. The van der Waals surface area contributed by atoms with Gasteiger partial charge in [0.25, 0.3) is 10.0 Å². The number of hydrogen-bond acceptors (Lipinski definition) is 3. The zero-order chi connectivity index (χ0) is 14.0. The summed E-state index contributed by atoms with van der Waals surface area (Å²) in [6.07, 6.45) is 0. The minimum absolute atomic E-state index is 0.121. The van der Waals surface area contributed by atoms with Gasteiger partial charge in [-0.05, 0) is 62.2 Å². The monoisotopic (exact) mass is 404 g/mol. The lowest BCUT2D eigenvalue weighted by Gasteiger charge is -2.11. The lowest BCUT2D eigenvalue weighted by molar-refractivity contribution is 0.601. The predicted molar refractivity (Wildman–Crippen MR) is 83.5 cm³/mol. The molecule has 4 nitrogen and oxygen atoms in total. The fourth-order valence-corrected chi connectivity index (χ4v) is 4.08. The number of nitrogen functional groups attached to an aromatic ring is 1. The third kappa shape index (κ3) is 3.29. The molecule has 2 rings (SSSR count). The maximum absolute atomic E-state index is 12.2. The highest BCUT2D eigenvalue weighted by molar-refractivity contribution is 9.11. The Morgan fingerprint density at radius 2 is 1.58 bits per heavy atom. The van der Waals surface area contributed by atoms with Crippen molar-refractivity contribution in [2.45, 2.75) is 4.90 Å². The number of sulfonamides is 1. The Morgan fingerprint density at radius 3 is 2.16 bits per heavy atom. The standard InChI is InChI=1S/C12H10Br2N2O2S/c13-10-5-2-6-11(14)12(10)16-19(17,18)9-4-1-3-8(15)7-9/h1-7,16H,15H2. The molecule has 0 radical (unpaired) electrons.